The van der Waals surface area contributed by atoms with Crippen LogP contribution in [0.15, 0.2) is 41.6 Å². The molecule has 0 fully saturated rings. The van der Waals surface area contributed by atoms with Crippen LogP contribution < -0.4 is 14.8 Å². The zero-order valence-corrected chi connectivity index (χ0v) is 12.8. The zero-order valence-electron chi connectivity index (χ0n) is 11.9. The third-order valence-corrected chi connectivity index (χ3v) is 4.54. The summed E-state index contributed by atoms with van der Waals surface area (Å²) in [7, 11) is 3.50. The van der Waals surface area contributed by atoms with Crippen molar-refractivity contribution in [3.63, 3.8) is 0 Å². The van der Waals surface area contributed by atoms with Crippen LogP contribution in [-0.4, -0.2) is 36.0 Å². The number of nitrogens with one attached hydrogen (secondary N) is 1. The molecule has 3 rings (SSSR count). The number of rotatable bonds is 4. The van der Waals surface area contributed by atoms with Crippen LogP contribution in [0.25, 0.3) is 0 Å². The summed E-state index contributed by atoms with van der Waals surface area (Å²) in [6.07, 6.45) is 3.27. The van der Waals surface area contributed by atoms with Gasteiger partial charge in [-0.1, -0.05) is 12.1 Å². The van der Waals surface area contributed by atoms with Crippen molar-refractivity contribution in [2.24, 2.45) is 0 Å². The third-order valence-electron chi connectivity index (χ3n) is 3.39. The summed E-state index contributed by atoms with van der Waals surface area (Å²) in [5, 5.41) is 3.27. The highest BCUT2D eigenvalue weighted by Gasteiger charge is 2.31. The predicted octanol–water partition coefficient (Wildman–Crippen LogP) is 2.30. The largest absolute Gasteiger partial charge is 0.486 e. The Morgan fingerprint density at radius 1 is 1.33 bits per heavy atom. The fraction of sp³-hybridized carbons (Fsp3) is 0.333. The standard InChI is InChI=1S/C15H17N3O2S/c1-16-13(14-15(19-2)18-8-7-17-14)11-9-21-12-6-4-3-5-10(12)20-11/h3-8,11,13,16H,9H2,1-2H3. The molecule has 0 amide bonds. The molecule has 1 aromatic heterocycles. The molecule has 1 aliphatic heterocycles. The first-order valence-corrected chi connectivity index (χ1v) is 7.72. The molecule has 2 atom stereocenters. The Balaban J connectivity index is 1.88. The average molecular weight is 303 g/mol. The molecule has 1 N–H and O–H groups in total. The van der Waals surface area contributed by atoms with Crippen LogP contribution in [-0.2, 0) is 0 Å². The Morgan fingerprint density at radius 2 is 2.14 bits per heavy atom. The minimum Gasteiger partial charge on any atom is -0.486 e. The van der Waals surface area contributed by atoms with E-state index >= 15 is 0 Å². The molecular weight excluding hydrogens is 286 g/mol. The summed E-state index contributed by atoms with van der Waals surface area (Å²) in [5.74, 6) is 2.30. The molecule has 0 saturated heterocycles. The Labute approximate surface area is 128 Å². The third kappa shape index (κ3) is 2.82. The van der Waals surface area contributed by atoms with Gasteiger partial charge in [0, 0.05) is 23.0 Å². The first-order chi connectivity index (χ1) is 10.3. The molecule has 2 aromatic rings. The van der Waals surface area contributed by atoms with Gasteiger partial charge in [-0.3, -0.25) is 4.98 Å². The van der Waals surface area contributed by atoms with Crippen molar-refractivity contribution in [3.05, 3.63) is 42.4 Å². The van der Waals surface area contributed by atoms with E-state index in [4.69, 9.17) is 9.47 Å². The number of benzene rings is 1. The lowest BCUT2D eigenvalue weighted by Crippen LogP contribution is -2.38. The van der Waals surface area contributed by atoms with Gasteiger partial charge in [0.25, 0.3) is 0 Å². The van der Waals surface area contributed by atoms with E-state index in [0.29, 0.717) is 5.88 Å². The molecule has 5 nitrogen and oxygen atoms in total. The van der Waals surface area contributed by atoms with Crippen LogP contribution in [0.4, 0.5) is 0 Å². The normalized spacial score (nSPS) is 18.5. The Kier molecular flexibility index (Phi) is 4.26. The van der Waals surface area contributed by atoms with E-state index in [1.165, 1.54) is 4.90 Å². The molecule has 0 spiro atoms. The molecule has 0 radical (unpaired) electrons. The predicted molar refractivity (Wildman–Crippen MR) is 82.0 cm³/mol. The topological polar surface area (TPSA) is 56.3 Å². The molecule has 6 heteroatoms. The first kappa shape index (κ1) is 14.2. The maximum atomic E-state index is 6.13. The fourth-order valence-corrected chi connectivity index (χ4v) is 3.44. The number of methoxy groups -OCH3 is 1. The van der Waals surface area contributed by atoms with Crippen molar-refractivity contribution in [1.82, 2.24) is 15.3 Å². The van der Waals surface area contributed by atoms with Crippen LogP contribution >= 0.6 is 11.8 Å². The molecule has 21 heavy (non-hydrogen) atoms. The summed E-state index contributed by atoms with van der Waals surface area (Å²) in [5.41, 5.74) is 0.771. The van der Waals surface area contributed by atoms with E-state index in [9.17, 15) is 0 Å². The highest BCUT2D eigenvalue weighted by molar-refractivity contribution is 7.99. The maximum Gasteiger partial charge on any atom is 0.237 e. The van der Waals surface area contributed by atoms with Crippen molar-refractivity contribution in [1.29, 1.82) is 0 Å². The quantitative estimate of drug-likeness (QED) is 0.935. The van der Waals surface area contributed by atoms with Crippen LogP contribution in [0.5, 0.6) is 11.6 Å². The summed E-state index contributed by atoms with van der Waals surface area (Å²) in [6, 6.07) is 8.01. The van der Waals surface area contributed by atoms with Crippen molar-refractivity contribution in [2.45, 2.75) is 17.0 Å². The molecule has 1 aliphatic rings. The van der Waals surface area contributed by atoms with E-state index in [2.05, 4.69) is 21.4 Å². The number of thioether (sulfide) groups is 1. The van der Waals surface area contributed by atoms with Gasteiger partial charge in [-0.2, -0.15) is 0 Å². The maximum absolute atomic E-state index is 6.13. The van der Waals surface area contributed by atoms with Gasteiger partial charge in [-0.25, -0.2) is 4.98 Å². The second-order valence-corrected chi connectivity index (χ2v) is 5.69. The van der Waals surface area contributed by atoms with Gasteiger partial charge < -0.3 is 14.8 Å². The molecular formula is C15H17N3O2S. The Bertz CT molecular complexity index is 623. The number of para-hydroxylation sites is 1. The number of hydrogen-bond donors (Lipinski definition) is 1. The second-order valence-electron chi connectivity index (χ2n) is 4.63. The molecule has 0 aliphatic carbocycles. The van der Waals surface area contributed by atoms with Gasteiger partial charge in [0.15, 0.2) is 0 Å². The van der Waals surface area contributed by atoms with Crippen molar-refractivity contribution >= 4 is 11.8 Å². The van der Waals surface area contributed by atoms with Gasteiger partial charge >= 0.3 is 0 Å². The van der Waals surface area contributed by atoms with Crippen molar-refractivity contribution in [2.75, 3.05) is 19.9 Å². The van der Waals surface area contributed by atoms with E-state index in [0.717, 1.165) is 17.2 Å². The lowest BCUT2D eigenvalue weighted by atomic mass is 10.1. The highest BCUT2D eigenvalue weighted by atomic mass is 32.2. The van der Waals surface area contributed by atoms with Crippen molar-refractivity contribution in [3.8, 4) is 11.6 Å². The fourth-order valence-electron chi connectivity index (χ4n) is 2.41. The number of aromatic nitrogens is 2. The van der Waals surface area contributed by atoms with Crippen LogP contribution in [0.3, 0.4) is 0 Å². The molecule has 2 heterocycles. The van der Waals surface area contributed by atoms with E-state index < -0.39 is 0 Å². The van der Waals surface area contributed by atoms with E-state index in [1.54, 1.807) is 31.3 Å². The number of likely N-dealkylation sites (N-methyl/N-ethyl adjacent to an activating group) is 1. The first-order valence-electron chi connectivity index (χ1n) is 6.74. The number of ether oxygens (including phenoxy) is 2. The number of nitrogens with zero attached hydrogens (tertiary/aromatic N) is 2. The van der Waals surface area contributed by atoms with Crippen LogP contribution in [0, 0.1) is 0 Å². The van der Waals surface area contributed by atoms with Crippen LogP contribution in [0.1, 0.15) is 11.7 Å². The van der Waals surface area contributed by atoms with Gasteiger partial charge in [0.05, 0.1) is 13.2 Å². The summed E-state index contributed by atoms with van der Waals surface area (Å²) < 4.78 is 11.4. The van der Waals surface area contributed by atoms with Gasteiger partial charge in [-0.05, 0) is 19.2 Å². The Hall–Kier alpha value is -1.79. The minimum absolute atomic E-state index is 0.0273. The SMILES string of the molecule is CNC(c1nccnc1OC)C1CSc2ccccc2O1. The monoisotopic (exact) mass is 303 g/mol. The molecule has 0 saturated carbocycles. The van der Waals surface area contributed by atoms with Gasteiger partial charge in [-0.15, -0.1) is 11.8 Å². The second kappa shape index (κ2) is 6.32. The highest BCUT2D eigenvalue weighted by Crippen LogP contribution is 2.38. The molecule has 1 aromatic carbocycles. The average Bonchev–Trinajstić information content (AvgIpc) is 2.56. The Morgan fingerprint density at radius 3 is 2.95 bits per heavy atom. The lowest BCUT2D eigenvalue weighted by Gasteiger charge is -2.31. The van der Waals surface area contributed by atoms with E-state index in [-0.39, 0.29) is 12.1 Å². The van der Waals surface area contributed by atoms with Crippen LogP contribution in [0.2, 0.25) is 0 Å². The van der Waals surface area contributed by atoms with Gasteiger partial charge in [0.1, 0.15) is 17.5 Å². The minimum atomic E-state index is -0.0745. The summed E-state index contributed by atoms with van der Waals surface area (Å²) in [4.78, 5) is 9.81. The number of hydrogen-bond acceptors (Lipinski definition) is 6. The lowest BCUT2D eigenvalue weighted by molar-refractivity contribution is 0.166. The zero-order chi connectivity index (χ0) is 14.7. The van der Waals surface area contributed by atoms with E-state index in [1.807, 2.05) is 25.2 Å². The molecule has 0 bridgehead atoms. The number of fused-ring (bicyclic) bond motifs is 1. The smallest absolute Gasteiger partial charge is 0.237 e. The molecule has 2 unspecified atom stereocenters. The van der Waals surface area contributed by atoms with Crippen molar-refractivity contribution < 1.29 is 9.47 Å². The summed E-state index contributed by atoms with van der Waals surface area (Å²) in [6.45, 7) is 0. The molecule has 110 valence electrons. The van der Waals surface area contributed by atoms with Gasteiger partial charge in [0.2, 0.25) is 5.88 Å². The summed E-state index contributed by atoms with van der Waals surface area (Å²) >= 11 is 1.79.